The molecule has 0 aliphatic heterocycles. The van der Waals surface area contributed by atoms with Crippen LogP contribution in [0.1, 0.15) is 15.4 Å². The number of nitrogen functional groups attached to an aromatic ring is 1. The minimum absolute atomic E-state index is 0.782. The summed E-state index contributed by atoms with van der Waals surface area (Å²) in [6.07, 6.45) is 1.92. The van der Waals surface area contributed by atoms with Gasteiger partial charge in [-0.1, -0.05) is 15.9 Å². The Hall–Kier alpha value is -0.910. The molecule has 1 aromatic heterocycles. The number of aromatic nitrogens is 1. The third-order valence-electron chi connectivity index (χ3n) is 2.28. The maximum absolute atomic E-state index is 5.78. The Kier molecular flexibility index (Phi) is 4.15. The van der Waals surface area contributed by atoms with Gasteiger partial charge in [0.1, 0.15) is 0 Å². The van der Waals surface area contributed by atoms with Gasteiger partial charge in [-0.25, -0.2) is 4.98 Å². The minimum atomic E-state index is 0.782. The summed E-state index contributed by atoms with van der Waals surface area (Å²) < 4.78 is 1.02. The number of benzene rings is 1. The van der Waals surface area contributed by atoms with Crippen LogP contribution in [0.4, 0.5) is 5.69 Å². The van der Waals surface area contributed by atoms with Crippen molar-refractivity contribution in [3.05, 3.63) is 44.3 Å². The molecule has 2 aromatic rings. The number of aryl methyl sites for hydroxylation is 1. The Labute approximate surface area is 113 Å². The summed E-state index contributed by atoms with van der Waals surface area (Å²) >= 11 is 5.16. The normalized spacial score (nSPS) is 10.7. The van der Waals surface area contributed by atoms with Crippen molar-refractivity contribution >= 4 is 33.0 Å². The molecule has 0 aliphatic rings. The molecule has 0 unspecified atom stereocenters. The first kappa shape index (κ1) is 12.5. The fourth-order valence-electron chi connectivity index (χ4n) is 1.59. The van der Waals surface area contributed by atoms with Gasteiger partial charge in [0.15, 0.2) is 0 Å². The molecule has 17 heavy (non-hydrogen) atoms. The average Bonchev–Trinajstić information content (AvgIpc) is 2.63. The van der Waals surface area contributed by atoms with E-state index < -0.39 is 0 Å². The Balaban J connectivity index is 1.89. The molecule has 1 heterocycles. The van der Waals surface area contributed by atoms with E-state index >= 15 is 0 Å². The molecular formula is C12H14BrN3S. The molecule has 0 saturated carbocycles. The number of anilines is 1. The first-order valence-corrected chi connectivity index (χ1v) is 6.91. The lowest BCUT2D eigenvalue weighted by Crippen LogP contribution is -2.11. The van der Waals surface area contributed by atoms with Crippen LogP contribution in [-0.2, 0) is 13.1 Å². The summed E-state index contributed by atoms with van der Waals surface area (Å²) in [5, 5.41) is 4.48. The molecule has 3 nitrogen and oxygen atoms in total. The lowest BCUT2D eigenvalue weighted by Gasteiger charge is -2.05. The van der Waals surface area contributed by atoms with E-state index in [1.165, 1.54) is 10.4 Å². The molecule has 2 rings (SSSR count). The van der Waals surface area contributed by atoms with Crippen molar-refractivity contribution in [2.24, 2.45) is 0 Å². The van der Waals surface area contributed by atoms with Gasteiger partial charge in [-0.2, -0.15) is 0 Å². The number of hydrogen-bond acceptors (Lipinski definition) is 4. The summed E-state index contributed by atoms with van der Waals surface area (Å²) in [4.78, 5) is 5.48. The van der Waals surface area contributed by atoms with Crippen molar-refractivity contribution in [1.82, 2.24) is 10.3 Å². The number of halogens is 1. The molecular weight excluding hydrogens is 298 g/mol. The number of hydrogen-bond donors (Lipinski definition) is 2. The summed E-state index contributed by atoms with van der Waals surface area (Å²) in [7, 11) is 0. The van der Waals surface area contributed by atoms with Crippen molar-refractivity contribution in [1.29, 1.82) is 0 Å². The average molecular weight is 312 g/mol. The molecule has 0 spiro atoms. The highest BCUT2D eigenvalue weighted by Gasteiger charge is 1.99. The van der Waals surface area contributed by atoms with E-state index in [0.29, 0.717) is 0 Å². The van der Waals surface area contributed by atoms with Crippen molar-refractivity contribution in [3.63, 3.8) is 0 Å². The minimum Gasteiger partial charge on any atom is -0.399 e. The number of nitrogens with one attached hydrogen (secondary N) is 1. The van der Waals surface area contributed by atoms with E-state index in [-0.39, 0.29) is 0 Å². The lowest BCUT2D eigenvalue weighted by molar-refractivity contribution is 0.700. The Morgan fingerprint density at radius 3 is 2.82 bits per heavy atom. The molecule has 0 bridgehead atoms. The highest BCUT2D eigenvalue weighted by molar-refractivity contribution is 9.10. The molecule has 5 heteroatoms. The molecule has 0 atom stereocenters. The van der Waals surface area contributed by atoms with E-state index in [4.69, 9.17) is 5.73 Å². The smallest absolute Gasteiger partial charge is 0.0897 e. The van der Waals surface area contributed by atoms with Crippen molar-refractivity contribution in [2.75, 3.05) is 5.73 Å². The predicted octanol–water partition coefficient (Wildman–Crippen LogP) is 3.09. The third kappa shape index (κ3) is 3.80. The van der Waals surface area contributed by atoms with Gasteiger partial charge in [0.05, 0.1) is 5.01 Å². The molecule has 0 amide bonds. The summed E-state index contributed by atoms with van der Waals surface area (Å²) in [6, 6.07) is 5.95. The van der Waals surface area contributed by atoms with Gasteiger partial charge in [-0.3, -0.25) is 0 Å². The highest BCUT2D eigenvalue weighted by atomic mass is 79.9. The summed E-state index contributed by atoms with van der Waals surface area (Å²) in [5.41, 5.74) is 7.74. The quantitative estimate of drug-likeness (QED) is 0.853. The monoisotopic (exact) mass is 311 g/mol. The Morgan fingerprint density at radius 1 is 1.35 bits per heavy atom. The van der Waals surface area contributed by atoms with E-state index in [1.54, 1.807) is 11.3 Å². The van der Waals surface area contributed by atoms with Crippen LogP contribution in [0.3, 0.4) is 0 Å². The van der Waals surface area contributed by atoms with E-state index in [1.807, 2.05) is 25.3 Å². The second kappa shape index (κ2) is 5.62. The molecule has 0 saturated heterocycles. The van der Waals surface area contributed by atoms with E-state index in [2.05, 4.69) is 32.3 Å². The van der Waals surface area contributed by atoms with Gasteiger partial charge in [0.2, 0.25) is 0 Å². The van der Waals surface area contributed by atoms with Gasteiger partial charge >= 0.3 is 0 Å². The number of nitrogens with zero attached hydrogens (tertiary/aromatic N) is 1. The van der Waals surface area contributed by atoms with Gasteiger partial charge in [-0.15, -0.1) is 11.3 Å². The maximum atomic E-state index is 5.78. The highest BCUT2D eigenvalue weighted by Crippen LogP contribution is 2.17. The predicted molar refractivity (Wildman–Crippen MR) is 75.9 cm³/mol. The van der Waals surface area contributed by atoms with Crippen LogP contribution >= 0.6 is 27.3 Å². The van der Waals surface area contributed by atoms with Crippen LogP contribution in [0.2, 0.25) is 0 Å². The van der Waals surface area contributed by atoms with Crippen LogP contribution in [-0.4, -0.2) is 4.98 Å². The SMILES string of the molecule is Cc1ncc(CNCc2cc(N)cc(Br)c2)s1. The van der Waals surface area contributed by atoms with Crippen LogP contribution < -0.4 is 11.1 Å². The third-order valence-corrected chi connectivity index (χ3v) is 3.65. The largest absolute Gasteiger partial charge is 0.399 e. The Bertz CT molecular complexity index is 490. The summed E-state index contributed by atoms with van der Waals surface area (Å²) in [6.45, 7) is 3.67. The fourth-order valence-corrected chi connectivity index (χ4v) is 2.92. The van der Waals surface area contributed by atoms with Crippen LogP contribution in [0.25, 0.3) is 0 Å². The maximum Gasteiger partial charge on any atom is 0.0897 e. The molecule has 1 aromatic carbocycles. The summed E-state index contributed by atoms with van der Waals surface area (Å²) in [5.74, 6) is 0. The van der Waals surface area contributed by atoms with E-state index in [0.717, 1.165) is 28.3 Å². The molecule has 90 valence electrons. The number of nitrogens with two attached hydrogens (primary N) is 1. The van der Waals surface area contributed by atoms with Crippen LogP contribution in [0.15, 0.2) is 28.9 Å². The van der Waals surface area contributed by atoms with E-state index in [9.17, 15) is 0 Å². The molecule has 3 N–H and O–H groups in total. The first-order valence-electron chi connectivity index (χ1n) is 5.30. The van der Waals surface area contributed by atoms with Crippen molar-refractivity contribution < 1.29 is 0 Å². The second-order valence-corrected chi connectivity index (χ2v) is 6.08. The fraction of sp³-hybridized carbons (Fsp3) is 0.250. The lowest BCUT2D eigenvalue weighted by atomic mass is 10.2. The van der Waals surface area contributed by atoms with Gasteiger partial charge in [-0.05, 0) is 30.7 Å². The van der Waals surface area contributed by atoms with Gasteiger partial charge < -0.3 is 11.1 Å². The second-order valence-electron chi connectivity index (χ2n) is 3.84. The van der Waals surface area contributed by atoms with Crippen molar-refractivity contribution in [2.45, 2.75) is 20.0 Å². The zero-order valence-corrected chi connectivity index (χ0v) is 11.9. The Morgan fingerprint density at radius 2 is 2.18 bits per heavy atom. The van der Waals surface area contributed by atoms with Gasteiger partial charge in [0, 0.05) is 34.3 Å². The zero-order valence-electron chi connectivity index (χ0n) is 9.53. The first-order chi connectivity index (χ1) is 8.13. The van der Waals surface area contributed by atoms with Crippen LogP contribution in [0.5, 0.6) is 0 Å². The zero-order chi connectivity index (χ0) is 12.3. The molecule has 0 radical (unpaired) electrons. The van der Waals surface area contributed by atoms with Crippen LogP contribution in [0, 0.1) is 6.92 Å². The number of rotatable bonds is 4. The standard InChI is InChI=1S/C12H14BrN3S/c1-8-16-7-12(17-8)6-15-5-9-2-10(13)4-11(14)3-9/h2-4,7,15H,5-6,14H2,1H3. The van der Waals surface area contributed by atoms with Gasteiger partial charge in [0.25, 0.3) is 0 Å². The number of thiazole rings is 1. The topological polar surface area (TPSA) is 50.9 Å². The van der Waals surface area contributed by atoms with Crippen molar-refractivity contribution in [3.8, 4) is 0 Å². The molecule has 0 aliphatic carbocycles. The molecule has 0 fully saturated rings.